The average molecular weight is 305 g/mol. The van der Waals surface area contributed by atoms with Crippen molar-refractivity contribution in [2.75, 3.05) is 5.32 Å². The molecular weight excluding hydrogens is 293 g/mol. The van der Waals surface area contributed by atoms with Crippen LogP contribution >= 0.6 is 27.5 Å². The number of carboxylic acid groups (broad SMARTS) is 1. The van der Waals surface area contributed by atoms with E-state index in [1.165, 1.54) is 0 Å². The smallest absolute Gasteiger partial charge is 0.308 e. The lowest BCUT2D eigenvalue weighted by Gasteiger charge is -2.35. The standard InChI is InChI=1S/C11H11BrClNO2/c12-10-7(13)2-1-3-9(10)14-8-5-4-6(8)11(15)16/h1-3,6,8,14H,4-5H2,(H,15,16). The minimum absolute atomic E-state index is 0.00673. The minimum Gasteiger partial charge on any atom is -0.481 e. The summed E-state index contributed by atoms with van der Waals surface area (Å²) in [5, 5.41) is 12.8. The maximum absolute atomic E-state index is 10.9. The van der Waals surface area contributed by atoms with Gasteiger partial charge in [0.1, 0.15) is 0 Å². The summed E-state index contributed by atoms with van der Waals surface area (Å²) >= 11 is 9.33. The lowest BCUT2D eigenvalue weighted by molar-refractivity contribution is -0.144. The third kappa shape index (κ3) is 2.18. The molecule has 0 bridgehead atoms. The number of aliphatic carboxylic acids is 1. The number of benzene rings is 1. The minimum atomic E-state index is -0.734. The fourth-order valence-electron chi connectivity index (χ4n) is 1.78. The van der Waals surface area contributed by atoms with Crippen molar-refractivity contribution in [3.05, 3.63) is 27.7 Å². The summed E-state index contributed by atoms with van der Waals surface area (Å²) in [5.74, 6) is -1.02. The van der Waals surface area contributed by atoms with Gasteiger partial charge in [0.25, 0.3) is 0 Å². The first-order valence-corrected chi connectivity index (χ1v) is 6.20. The molecule has 2 N–H and O–H groups in total. The van der Waals surface area contributed by atoms with Gasteiger partial charge in [0.05, 0.1) is 21.1 Å². The lowest BCUT2D eigenvalue weighted by atomic mass is 9.79. The number of carboxylic acids is 1. The molecule has 0 amide bonds. The Balaban J connectivity index is 2.10. The molecule has 3 nitrogen and oxygen atoms in total. The summed E-state index contributed by atoms with van der Waals surface area (Å²) in [6, 6.07) is 5.51. The topological polar surface area (TPSA) is 49.3 Å². The summed E-state index contributed by atoms with van der Waals surface area (Å²) in [7, 11) is 0. The maximum atomic E-state index is 10.9. The van der Waals surface area contributed by atoms with Crippen LogP contribution < -0.4 is 5.32 Å². The molecule has 86 valence electrons. The number of carbonyl (C=O) groups is 1. The molecule has 2 rings (SSSR count). The van der Waals surface area contributed by atoms with Crippen molar-refractivity contribution in [1.82, 2.24) is 0 Å². The number of rotatable bonds is 3. The van der Waals surface area contributed by atoms with E-state index in [0.717, 1.165) is 23.0 Å². The first-order chi connectivity index (χ1) is 7.59. The molecule has 16 heavy (non-hydrogen) atoms. The van der Waals surface area contributed by atoms with Gasteiger partial charge in [0.2, 0.25) is 0 Å². The molecule has 1 aliphatic rings. The van der Waals surface area contributed by atoms with Gasteiger partial charge in [-0.05, 0) is 40.9 Å². The second-order valence-corrected chi connectivity index (χ2v) is 5.07. The van der Waals surface area contributed by atoms with Crippen LogP contribution in [0.1, 0.15) is 12.8 Å². The molecule has 1 aliphatic carbocycles. The van der Waals surface area contributed by atoms with Crippen LogP contribution in [0.3, 0.4) is 0 Å². The van der Waals surface area contributed by atoms with Crippen LogP contribution in [0.15, 0.2) is 22.7 Å². The van der Waals surface area contributed by atoms with Gasteiger partial charge in [-0.15, -0.1) is 0 Å². The second kappa shape index (κ2) is 4.63. The normalized spacial score (nSPS) is 23.6. The van der Waals surface area contributed by atoms with Crippen LogP contribution in [-0.4, -0.2) is 17.1 Å². The molecular formula is C11H11BrClNO2. The van der Waals surface area contributed by atoms with Crippen LogP contribution in [0.2, 0.25) is 5.02 Å². The van der Waals surface area contributed by atoms with Crippen molar-refractivity contribution < 1.29 is 9.90 Å². The van der Waals surface area contributed by atoms with Gasteiger partial charge < -0.3 is 10.4 Å². The highest BCUT2D eigenvalue weighted by Crippen LogP contribution is 2.35. The summed E-state index contributed by atoms with van der Waals surface area (Å²) in [5.41, 5.74) is 0.850. The predicted octanol–water partition coefficient (Wildman–Crippen LogP) is 3.38. The Bertz CT molecular complexity index is 424. The molecule has 0 spiro atoms. The molecule has 2 unspecified atom stereocenters. The Kier molecular flexibility index (Phi) is 3.40. The zero-order chi connectivity index (χ0) is 11.7. The molecule has 0 radical (unpaired) electrons. The van der Waals surface area contributed by atoms with Crippen molar-refractivity contribution in [1.29, 1.82) is 0 Å². The summed E-state index contributed by atoms with van der Waals surface area (Å²) in [4.78, 5) is 10.9. The Morgan fingerprint density at radius 2 is 2.25 bits per heavy atom. The van der Waals surface area contributed by atoms with Gasteiger partial charge in [-0.2, -0.15) is 0 Å². The molecule has 2 atom stereocenters. The van der Waals surface area contributed by atoms with E-state index in [9.17, 15) is 4.79 Å². The average Bonchev–Trinajstić information content (AvgIpc) is 2.17. The lowest BCUT2D eigenvalue weighted by Crippen LogP contribution is -2.43. The van der Waals surface area contributed by atoms with Crippen molar-refractivity contribution in [2.24, 2.45) is 5.92 Å². The van der Waals surface area contributed by atoms with Gasteiger partial charge in [0, 0.05) is 6.04 Å². The summed E-state index contributed by atoms with van der Waals surface area (Å²) in [6.07, 6.45) is 1.63. The van der Waals surface area contributed by atoms with E-state index >= 15 is 0 Å². The Morgan fingerprint density at radius 3 is 2.81 bits per heavy atom. The molecule has 0 heterocycles. The Labute approximate surface area is 107 Å². The van der Waals surface area contributed by atoms with Crippen LogP contribution in [0.5, 0.6) is 0 Å². The Hall–Kier alpha value is -0.740. The van der Waals surface area contributed by atoms with Crippen molar-refractivity contribution in [3.8, 4) is 0 Å². The van der Waals surface area contributed by atoms with Crippen molar-refractivity contribution in [2.45, 2.75) is 18.9 Å². The quantitative estimate of drug-likeness (QED) is 0.900. The molecule has 1 aromatic carbocycles. The van der Waals surface area contributed by atoms with Gasteiger partial charge >= 0.3 is 5.97 Å². The third-order valence-corrected chi connectivity index (χ3v) is 4.28. The highest BCUT2D eigenvalue weighted by Gasteiger charge is 2.36. The number of hydrogen-bond acceptors (Lipinski definition) is 2. The number of anilines is 1. The zero-order valence-corrected chi connectivity index (χ0v) is 10.8. The van der Waals surface area contributed by atoms with Gasteiger partial charge in [-0.3, -0.25) is 4.79 Å². The van der Waals surface area contributed by atoms with E-state index in [0.29, 0.717) is 5.02 Å². The van der Waals surface area contributed by atoms with Crippen molar-refractivity contribution >= 4 is 39.2 Å². The first-order valence-electron chi connectivity index (χ1n) is 5.03. The SMILES string of the molecule is O=C(O)C1CCC1Nc1cccc(Cl)c1Br. The molecule has 0 aliphatic heterocycles. The van der Waals surface area contributed by atoms with E-state index in [-0.39, 0.29) is 12.0 Å². The van der Waals surface area contributed by atoms with Crippen molar-refractivity contribution in [3.63, 3.8) is 0 Å². The molecule has 1 fully saturated rings. The van der Waals surface area contributed by atoms with E-state index in [1.807, 2.05) is 12.1 Å². The van der Waals surface area contributed by atoms with Crippen LogP contribution in [-0.2, 0) is 4.79 Å². The Morgan fingerprint density at radius 1 is 1.50 bits per heavy atom. The maximum Gasteiger partial charge on any atom is 0.308 e. The van der Waals surface area contributed by atoms with Gasteiger partial charge in [-0.25, -0.2) is 0 Å². The highest BCUT2D eigenvalue weighted by atomic mass is 79.9. The predicted molar refractivity (Wildman–Crippen MR) is 66.9 cm³/mol. The third-order valence-electron chi connectivity index (χ3n) is 2.88. The molecule has 5 heteroatoms. The highest BCUT2D eigenvalue weighted by molar-refractivity contribution is 9.10. The molecule has 0 aromatic heterocycles. The van der Waals surface area contributed by atoms with Crippen LogP contribution in [0, 0.1) is 5.92 Å². The largest absolute Gasteiger partial charge is 0.481 e. The summed E-state index contributed by atoms with van der Waals surface area (Å²) in [6.45, 7) is 0. The molecule has 1 aromatic rings. The fraction of sp³-hybridized carbons (Fsp3) is 0.364. The summed E-state index contributed by atoms with van der Waals surface area (Å²) < 4.78 is 0.785. The first kappa shape index (κ1) is 11.7. The van der Waals surface area contributed by atoms with E-state index < -0.39 is 5.97 Å². The van der Waals surface area contributed by atoms with E-state index in [2.05, 4.69) is 21.2 Å². The van der Waals surface area contributed by atoms with Crippen LogP contribution in [0.4, 0.5) is 5.69 Å². The number of hydrogen-bond donors (Lipinski definition) is 2. The van der Waals surface area contributed by atoms with E-state index in [1.54, 1.807) is 6.07 Å². The molecule has 0 saturated heterocycles. The van der Waals surface area contributed by atoms with E-state index in [4.69, 9.17) is 16.7 Å². The number of halogens is 2. The van der Waals surface area contributed by atoms with Gasteiger partial charge in [-0.1, -0.05) is 17.7 Å². The fourth-order valence-corrected chi connectivity index (χ4v) is 2.34. The molecule has 1 saturated carbocycles. The zero-order valence-electron chi connectivity index (χ0n) is 8.41. The monoisotopic (exact) mass is 303 g/mol. The number of nitrogens with one attached hydrogen (secondary N) is 1. The van der Waals surface area contributed by atoms with Gasteiger partial charge in [0.15, 0.2) is 0 Å². The second-order valence-electron chi connectivity index (χ2n) is 3.87. The van der Waals surface area contributed by atoms with Crippen LogP contribution in [0.25, 0.3) is 0 Å².